The van der Waals surface area contributed by atoms with Crippen LogP contribution in [0.5, 0.6) is 0 Å². The van der Waals surface area contributed by atoms with Crippen LogP contribution in [-0.4, -0.2) is 9.55 Å². The summed E-state index contributed by atoms with van der Waals surface area (Å²) >= 11 is 3.48. The van der Waals surface area contributed by atoms with Crippen LogP contribution >= 0.6 is 15.9 Å². The maximum Gasteiger partial charge on any atom is 0.0998 e. The summed E-state index contributed by atoms with van der Waals surface area (Å²) < 4.78 is 3.18. The van der Waals surface area contributed by atoms with Crippen LogP contribution in [0, 0.1) is 25.2 Å². The number of halogens is 1. The van der Waals surface area contributed by atoms with E-state index in [0.29, 0.717) is 5.57 Å². The Morgan fingerprint density at radius 2 is 1.93 bits per heavy atom. The van der Waals surface area contributed by atoms with Gasteiger partial charge in [0.1, 0.15) is 0 Å². The molecule has 0 unspecified atom stereocenters. The van der Waals surface area contributed by atoms with Crippen molar-refractivity contribution in [2.45, 2.75) is 13.8 Å². The largest absolute Gasteiger partial charge is 0.318 e. The molecule has 4 rings (SSSR count). The average molecular weight is 428 g/mol. The van der Waals surface area contributed by atoms with Crippen LogP contribution in [0.3, 0.4) is 0 Å². The van der Waals surface area contributed by atoms with Crippen LogP contribution in [0.15, 0.2) is 71.3 Å². The summed E-state index contributed by atoms with van der Waals surface area (Å²) in [7, 11) is 0. The van der Waals surface area contributed by atoms with E-state index in [4.69, 9.17) is 0 Å². The number of allylic oxidation sites excluding steroid dienone is 1. The Hall–Kier alpha value is -3.16. The molecule has 0 aliphatic carbocycles. The normalized spacial score (nSPS) is 11.6. The zero-order valence-corrected chi connectivity index (χ0v) is 17.2. The van der Waals surface area contributed by atoms with Crippen LogP contribution in [0.4, 0.5) is 0 Å². The van der Waals surface area contributed by atoms with Crippen LogP contribution in [-0.2, 0) is 0 Å². The molecule has 4 heteroatoms. The second-order valence-electron chi connectivity index (χ2n) is 6.72. The zero-order valence-electron chi connectivity index (χ0n) is 15.6. The summed E-state index contributed by atoms with van der Waals surface area (Å²) in [5.74, 6) is 0. The maximum absolute atomic E-state index is 9.69. The molecule has 0 aliphatic heterocycles. The summed E-state index contributed by atoms with van der Waals surface area (Å²) in [6.45, 7) is 4.17. The third-order valence-corrected chi connectivity index (χ3v) is 5.36. The third kappa shape index (κ3) is 3.37. The molecule has 2 heterocycles. The Morgan fingerprint density at radius 1 is 1.07 bits per heavy atom. The van der Waals surface area contributed by atoms with Crippen LogP contribution in [0.25, 0.3) is 28.2 Å². The first kappa shape index (κ1) is 18.2. The van der Waals surface area contributed by atoms with Crippen molar-refractivity contribution < 1.29 is 0 Å². The number of fused-ring (bicyclic) bond motifs is 1. The summed E-state index contributed by atoms with van der Waals surface area (Å²) in [5.41, 5.74) is 6.89. The number of nitriles is 1. The summed E-state index contributed by atoms with van der Waals surface area (Å²) in [6.07, 6.45) is 3.77. The molecule has 3 nitrogen and oxygen atoms in total. The fraction of sp³-hybridized carbons (Fsp3) is 0.0833. The van der Waals surface area contributed by atoms with Gasteiger partial charge in [0.25, 0.3) is 0 Å². The molecule has 0 fully saturated rings. The lowest BCUT2D eigenvalue weighted by molar-refractivity contribution is 0.966. The van der Waals surface area contributed by atoms with Crippen molar-refractivity contribution in [3.05, 3.63) is 93.8 Å². The number of nitrogens with zero attached hydrogens (tertiary/aromatic N) is 3. The number of hydrogen-bond donors (Lipinski definition) is 0. The molecule has 0 bridgehead atoms. The zero-order chi connectivity index (χ0) is 19.7. The topological polar surface area (TPSA) is 41.6 Å². The van der Waals surface area contributed by atoms with Crippen LogP contribution in [0.2, 0.25) is 0 Å². The number of benzene rings is 2. The Bertz CT molecular complexity index is 1260. The molecule has 2 aromatic carbocycles. The van der Waals surface area contributed by atoms with E-state index in [2.05, 4.69) is 69.7 Å². The molecule has 28 heavy (non-hydrogen) atoms. The highest BCUT2D eigenvalue weighted by Gasteiger charge is 2.11. The van der Waals surface area contributed by atoms with Gasteiger partial charge in [-0.3, -0.25) is 4.98 Å². The second-order valence-corrected chi connectivity index (χ2v) is 7.64. The predicted octanol–water partition coefficient (Wildman–Crippen LogP) is 6.47. The molecule has 0 aliphatic rings. The lowest BCUT2D eigenvalue weighted by Gasteiger charge is -2.11. The van der Waals surface area contributed by atoms with Crippen molar-refractivity contribution in [2.24, 2.45) is 0 Å². The van der Waals surface area contributed by atoms with E-state index in [9.17, 15) is 5.26 Å². The van der Waals surface area contributed by atoms with E-state index in [1.54, 1.807) is 0 Å². The number of pyridine rings is 1. The number of rotatable bonds is 3. The lowest BCUT2D eigenvalue weighted by atomic mass is 10.0. The van der Waals surface area contributed by atoms with Gasteiger partial charge in [-0.1, -0.05) is 34.1 Å². The maximum atomic E-state index is 9.69. The lowest BCUT2D eigenvalue weighted by Crippen LogP contribution is -1.99. The minimum absolute atomic E-state index is 0.643. The Kier molecular flexibility index (Phi) is 4.85. The summed E-state index contributed by atoms with van der Waals surface area (Å²) in [4.78, 5) is 4.40. The van der Waals surface area contributed by atoms with Gasteiger partial charge in [0.2, 0.25) is 0 Å². The van der Waals surface area contributed by atoms with Crippen LogP contribution < -0.4 is 0 Å². The molecule has 4 aromatic rings. The SMILES string of the molecule is Cc1cc(C=C(C#N)c2cccc(Br)c2)c(C)n1-c1ccc2ncccc2c1. The fourth-order valence-electron chi connectivity index (χ4n) is 3.52. The van der Waals surface area contributed by atoms with E-state index in [0.717, 1.165) is 43.6 Å². The molecule has 0 amide bonds. The van der Waals surface area contributed by atoms with Gasteiger partial charge in [-0.2, -0.15) is 5.26 Å². The predicted molar refractivity (Wildman–Crippen MR) is 118 cm³/mol. The van der Waals surface area contributed by atoms with Gasteiger partial charge in [0, 0.05) is 33.1 Å². The highest BCUT2D eigenvalue weighted by atomic mass is 79.9. The number of aromatic nitrogens is 2. The van der Waals surface area contributed by atoms with E-state index in [-0.39, 0.29) is 0 Å². The molecular formula is C24H18BrN3. The quantitative estimate of drug-likeness (QED) is 0.351. The smallest absolute Gasteiger partial charge is 0.0998 e. The molecule has 136 valence electrons. The molecule has 0 radical (unpaired) electrons. The summed E-state index contributed by atoms with van der Waals surface area (Å²) in [5, 5.41) is 10.8. The van der Waals surface area contributed by atoms with Crippen LogP contribution in [0.1, 0.15) is 22.5 Å². The Labute approximate surface area is 172 Å². The number of hydrogen-bond acceptors (Lipinski definition) is 2. The molecule has 0 N–H and O–H groups in total. The van der Waals surface area contributed by atoms with Gasteiger partial charge in [-0.25, -0.2) is 0 Å². The Morgan fingerprint density at radius 3 is 2.71 bits per heavy atom. The highest BCUT2D eigenvalue weighted by Crippen LogP contribution is 2.27. The van der Waals surface area contributed by atoms with E-state index in [1.165, 1.54) is 0 Å². The van der Waals surface area contributed by atoms with Gasteiger partial charge >= 0.3 is 0 Å². The Balaban J connectivity index is 1.81. The van der Waals surface area contributed by atoms with Crippen molar-refractivity contribution >= 4 is 38.5 Å². The van der Waals surface area contributed by atoms with E-state index < -0.39 is 0 Å². The molecule has 0 spiro atoms. The van der Waals surface area contributed by atoms with Crippen molar-refractivity contribution in [1.29, 1.82) is 5.26 Å². The van der Waals surface area contributed by atoms with Gasteiger partial charge < -0.3 is 4.57 Å². The first-order valence-corrected chi connectivity index (χ1v) is 9.78. The second kappa shape index (κ2) is 7.46. The van der Waals surface area contributed by atoms with Crippen molar-refractivity contribution in [2.75, 3.05) is 0 Å². The molecule has 0 saturated heterocycles. The standard InChI is InChI=1S/C24H18BrN3/c1-16-11-20(12-21(15-26)18-5-3-7-22(25)13-18)17(2)28(16)23-8-9-24-19(14-23)6-4-10-27-24/h3-14H,1-2H3. The number of aryl methyl sites for hydroxylation is 1. The summed E-state index contributed by atoms with van der Waals surface area (Å²) in [6, 6.07) is 22.6. The minimum Gasteiger partial charge on any atom is -0.318 e. The van der Waals surface area contributed by atoms with E-state index >= 15 is 0 Å². The van der Waals surface area contributed by atoms with E-state index in [1.807, 2.05) is 48.7 Å². The van der Waals surface area contributed by atoms with Crippen molar-refractivity contribution in [1.82, 2.24) is 9.55 Å². The molecule has 0 saturated carbocycles. The first-order valence-electron chi connectivity index (χ1n) is 8.98. The molecular weight excluding hydrogens is 410 g/mol. The third-order valence-electron chi connectivity index (χ3n) is 4.87. The van der Waals surface area contributed by atoms with Crippen molar-refractivity contribution in [3.8, 4) is 11.8 Å². The highest BCUT2D eigenvalue weighted by molar-refractivity contribution is 9.10. The monoisotopic (exact) mass is 427 g/mol. The average Bonchev–Trinajstić information content (AvgIpc) is 2.98. The molecule has 2 aromatic heterocycles. The fourth-order valence-corrected chi connectivity index (χ4v) is 3.92. The molecule has 0 atom stereocenters. The van der Waals surface area contributed by atoms with Gasteiger partial charge in [0.15, 0.2) is 0 Å². The van der Waals surface area contributed by atoms with Crippen molar-refractivity contribution in [3.63, 3.8) is 0 Å². The first-order chi connectivity index (χ1) is 13.6. The van der Waals surface area contributed by atoms with Gasteiger partial charge in [-0.05, 0) is 73.5 Å². The van der Waals surface area contributed by atoms with Gasteiger partial charge in [0.05, 0.1) is 17.2 Å². The minimum atomic E-state index is 0.643. The van der Waals surface area contributed by atoms with Gasteiger partial charge in [-0.15, -0.1) is 0 Å².